The SMILES string of the molecule is COC1CCOCC1NC(=O)c1c[nH]c(=O)c2ccccc12. The number of methoxy groups -OCH3 is 1. The van der Waals surface area contributed by atoms with E-state index in [-0.39, 0.29) is 23.6 Å². The summed E-state index contributed by atoms with van der Waals surface area (Å²) in [5.74, 6) is -0.245. The number of rotatable bonds is 3. The molecule has 0 spiro atoms. The summed E-state index contributed by atoms with van der Waals surface area (Å²) >= 11 is 0. The van der Waals surface area contributed by atoms with Crippen LogP contribution in [-0.4, -0.2) is 43.4 Å². The molecule has 0 aliphatic carbocycles. The van der Waals surface area contributed by atoms with Gasteiger partial charge < -0.3 is 19.8 Å². The van der Waals surface area contributed by atoms with Crippen LogP contribution in [0.25, 0.3) is 10.8 Å². The third-order valence-electron chi connectivity index (χ3n) is 3.97. The van der Waals surface area contributed by atoms with E-state index < -0.39 is 0 Å². The van der Waals surface area contributed by atoms with Gasteiger partial charge in [-0.3, -0.25) is 9.59 Å². The predicted molar refractivity (Wildman–Crippen MR) is 82.1 cm³/mol. The highest BCUT2D eigenvalue weighted by atomic mass is 16.5. The number of amides is 1. The van der Waals surface area contributed by atoms with E-state index in [1.165, 1.54) is 6.20 Å². The normalized spacial score (nSPS) is 21.7. The van der Waals surface area contributed by atoms with Crippen LogP contribution >= 0.6 is 0 Å². The molecule has 0 bridgehead atoms. The Hall–Kier alpha value is -2.18. The Morgan fingerprint density at radius 1 is 1.36 bits per heavy atom. The van der Waals surface area contributed by atoms with Crippen molar-refractivity contribution in [3.63, 3.8) is 0 Å². The van der Waals surface area contributed by atoms with Gasteiger partial charge in [0.2, 0.25) is 0 Å². The summed E-state index contributed by atoms with van der Waals surface area (Å²) in [7, 11) is 1.63. The fourth-order valence-corrected chi connectivity index (χ4v) is 2.78. The highest BCUT2D eigenvalue weighted by Gasteiger charge is 2.27. The minimum atomic E-state index is -0.245. The maximum atomic E-state index is 12.6. The molecule has 3 rings (SSSR count). The van der Waals surface area contributed by atoms with Crippen molar-refractivity contribution in [3.05, 3.63) is 46.4 Å². The van der Waals surface area contributed by atoms with Crippen LogP contribution in [0.1, 0.15) is 16.8 Å². The number of aromatic nitrogens is 1. The molecular weight excluding hydrogens is 284 g/mol. The number of nitrogens with one attached hydrogen (secondary N) is 2. The fourth-order valence-electron chi connectivity index (χ4n) is 2.78. The van der Waals surface area contributed by atoms with Crippen molar-refractivity contribution in [2.75, 3.05) is 20.3 Å². The molecule has 2 heterocycles. The molecule has 2 aromatic rings. The van der Waals surface area contributed by atoms with Crippen LogP contribution in [0.3, 0.4) is 0 Å². The van der Waals surface area contributed by atoms with Gasteiger partial charge in [0.25, 0.3) is 11.5 Å². The molecule has 1 aliphatic heterocycles. The summed E-state index contributed by atoms with van der Waals surface area (Å²) < 4.78 is 10.8. The zero-order valence-electron chi connectivity index (χ0n) is 12.3. The second kappa shape index (κ2) is 6.29. The largest absolute Gasteiger partial charge is 0.379 e. The number of hydrogen-bond acceptors (Lipinski definition) is 4. The summed E-state index contributed by atoms with van der Waals surface area (Å²) in [4.78, 5) is 27.0. The molecule has 6 nitrogen and oxygen atoms in total. The van der Waals surface area contributed by atoms with Gasteiger partial charge in [-0.15, -0.1) is 0 Å². The number of hydrogen-bond donors (Lipinski definition) is 2. The van der Waals surface area contributed by atoms with E-state index in [1.54, 1.807) is 31.4 Å². The zero-order valence-corrected chi connectivity index (χ0v) is 12.3. The molecule has 1 fully saturated rings. The smallest absolute Gasteiger partial charge is 0.255 e. The van der Waals surface area contributed by atoms with Gasteiger partial charge in [-0.05, 0) is 12.5 Å². The Kier molecular flexibility index (Phi) is 4.22. The van der Waals surface area contributed by atoms with E-state index in [0.717, 1.165) is 6.42 Å². The second-order valence-electron chi connectivity index (χ2n) is 5.29. The average Bonchev–Trinajstić information content (AvgIpc) is 2.56. The molecule has 2 unspecified atom stereocenters. The van der Waals surface area contributed by atoms with Gasteiger partial charge in [-0.1, -0.05) is 18.2 Å². The topological polar surface area (TPSA) is 80.4 Å². The van der Waals surface area contributed by atoms with Gasteiger partial charge in [0.05, 0.1) is 24.3 Å². The van der Waals surface area contributed by atoms with E-state index in [0.29, 0.717) is 29.5 Å². The first-order valence-electron chi connectivity index (χ1n) is 7.22. The lowest BCUT2D eigenvalue weighted by Crippen LogP contribution is -2.50. The van der Waals surface area contributed by atoms with E-state index in [4.69, 9.17) is 9.47 Å². The highest BCUT2D eigenvalue weighted by Crippen LogP contribution is 2.16. The van der Waals surface area contributed by atoms with Crippen molar-refractivity contribution in [2.24, 2.45) is 0 Å². The average molecular weight is 302 g/mol. The van der Waals surface area contributed by atoms with Crippen LogP contribution in [0.15, 0.2) is 35.3 Å². The molecule has 1 aliphatic rings. The van der Waals surface area contributed by atoms with E-state index in [2.05, 4.69) is 10.3 Å². The Morgan fingerprint density at radius 2 is 2.14 bits per heavy atom. The molecule has 0 saturated carbocycles. The zero-order chi connectivity index (χ0) is 15.5. The fraction of sp³-hybridized carbons (Fsp3) is 0.375. The van der Waals surface area contributed by atoms with E-state index in [9.17, 15) is 9.59 Å². The van der Waals surface area contributed by atoms with Crippen molar-refractivity contribution in [2.45, 2.75) is 18.6 Å². The number of pyridine rings is 1. The lowest BCUT2D eigenvalue weighted by Gasteiger charge is -2.31. The molecule has 2 N–H and O–H groups in total. The third kappa shape index (κ3) is 2.75. The minimum Gasteiger partial charge on any atom is -0.379 e. The van der Waals surface area contributed by atoms with Crippen molar-refractivity contribution >= 4 is 16.7 Å². The standard InChI is InChI=1S/C16H18N2O4/c1-21-14-6-7-22-9-13(14)18-16(20)12-8-17-15(19)11-5-3-2-4-10(11)12/h2-5,8,13-14H,6-7,9H2,1H3,(H,17,19)(H,18,20). The van der Waals surface area contributed by atoms with Gasteiger partial charge >= 0.3 is 0 Å². The Labute approximate surface area is 127 Å². The molecule has 0 radical (unpaired) electrons. The summed E-state index contributed by atoms with van der Waals surface area (Å²) in [5.41, 5.74) is 0.235. The number of carbonyl (C=O) groups is 1. The first kappa shape index (κ1) is 14.7. The molecular formula is C16H18N2O4. The maximum Gasteiger partial charge on any atom is 0.255 e. The van der Waals surface area contributed by atoms with Crippen molar-refractivity contribution in [1.82, 2.24) is 10.3 Å². The quantitative estimate of drug-likeness (QED) is 0.888. The second-order valence-corrected chi connectivity index (χ2v) is 5.29. The Bertz CT molecular complexity index is 740. The van der Waals surface area contributed by atoms with Crippen LogP contribution in [0.4, 0.5) is 0 Å². The highest BCUT2D eigenvalue weighted by molar-refractivity contribution is 6.06. The van der Waals surface area contributed by atoms with Gasteiger partial charge in [0.1, 0.15) is 0 Å². The molecule has 1 aromatic heterocycles. The minimum absolute atomic E-state index is 0.0632. The van der Waals surface area contributed by atoms with Crippen LogP contribution in [0.5, 0.6) is 0 Å². The molecule has 6 heteroatoms. The summed E-state index contributed by atoms with van der Waals surface area (Å²) in [6.45, 7) is 1.05. The maximum absolute atomic E-state index is 12.6. The van der Waals surface area contributed by atoms with Crippen LogP contribution < -0.4 is 10.9 Å². The van der Waals surface area contributed by atoms with Crippen LogP contribution in [0, 0.1) is 0 Å². The number of H-pyrrole nitrogens is 1. The first-order valence-corrected chi connectivity index (χ1v) is 7.22. The van der Waals surface area contributed by atoms with Crippen molar-refractivity contribution in [1.29, 1.82) is 0 Å². The van der Waals surface area contributed by atoms with E-state index >= 15 is 0 Å². The van der Waals surface area contributed by atoms with Crippen molar-refractivity contribution in [3.8, 4) is 0 Å². The van der Waals surface area contributed by atoms with Gasteiger partial charge in [-0.25, -0.2) is 0 Å². The van der Waals surface area contributed by atoms with Crippen molar-refractivity contribution < 1.29 is 14.3 Å². The first-order chi connectivity index (χ1) is 10.7. The Balaban J connectivity index is 1.89. The predicted octanol–water partition coefficient (Wildman–Crippen LogP) is 1.06. The molecule has 22 heavy (non-hydrogen) atoms. The number of aromatic amines is 1. The third-order valence-corrected chi connectivity index (χ3v) is 3.97. The molecule has 1 amide bonds. The lowest BCUT2D eigenvalue weighted by molar-refractivity contribution is -0.0349. The van der Waals surface area contributed by atoms with Crippen LogP contribution in [-0.2, 0) is 9.47 Å². The summed E-state index contributed by atoms with van der Waals surface area (Å²) in [6, 6.07) is 6.85. The molecule has 2 atom stereocenters. The molecule has 1 saturated heterocycles. The number of ether oxygens (including phenoxy) is 2. The number of fused-ring (bicyclic) bond motifs is 1. The van der Waals surface area contributed by atoms with Crippen LogP contribution in [0.2, 0.25) is 0 Å². The monoisotopic (exact) mass is 302 g/mol. The van der Waals surface area contributed by atoms with Gasteiger partial charge in [-0.2, -0.15) is 0 Å². The van der Waals surface area contributed by atoms with Gasteiger partial charge in [0.15, 0.2) is 0 Å². The number of benzene rings is 1. The summed E-state index contributed by atoms with van der Waals surface area (Å²) in [6.07, 6.45) is 2.13. The Morgan fingerprint density at radius 3 is 2.91 bits per heavy atom. The van der Waals surface area contributed by atoms with E-state index in [1.807, 2.05) is 0 Å². The summed E-state index contributed by atoms with van der Waals surface area (Å²) in [5, 5.41) is 4.07. The lowest BCUT2D eigenvalue weighted by atomic mass is 10.0. The molecule has 1 aromatic carbocycles. The number of carbonyl (C=O) groups excluding carboxylic acids is 1. The molecule has 116 valence electrons. The van der Waals surface area contributed by atoms with Gasteiger partial charge in [0, 0.05) is 30.7 Å².